The van der Waals surface area contributed by atoms with Crippen LogP contribution in [-0.2, 0) is 33.7 Å². The first-order chi connectivity index (χ1) is 16.6. The van der Waals surface area contributed by atoms with Crippen molar-refractivity contribution in [2.75, 3.05) is 0 Å². The van der Waals surface area contributed by atoms with Crippen LogP contribution in [0.4, 0.5) is 0 Å². The number of carbonyl (C=O) groups is 2. The van der Waals surface area contributed by atoms with Gasteiger partial charge in [0, 0.05) is 0 Å². The molecule has 5 nitrogen and oxygen atoms in total. The Morgan fingerprint density at radius 3 is 1.66 bits per heavy atom. The van der Waals surface area contributed by atoms with Crippen LogP contribution < -0.4 is 0 Å². The molecule has 0 aliphatic carbocycles. The average molecular weight is 491 g/mol. The highest BCUT2D eigenvalue weighted by molar-refractivity contribution is 6.74. The molecule has 0 aromatic heterocycles. The largest absolute Gasteiger partial charge is 0.457 e. The minimum atomic E-state index is -1.92. The molecule has 0 heterocycles. The van der Waals surface area contributed by atoms with Gasteiger partial charge in [0.2, 0.25) is 0 Å². The molecule has 0 saturated heterocycles. The molecule has 0 saturated carbocycles. The van der Waals surface area contributed by atoms with Crippen molar-refractivity contribution in [3.05, 3.63) is 107 Å². The van der Waals surface area contributed by atoms with E-state index in [1.807, 2.05) is 30.3 Å². The van der Waals surface area contributed by atoms with Gasteiger partial charge in [0.05, 0.1) is 17.7 Å². The van der Waals surface area contributed by atoms with Crippen molar-refractivity contribution < 1.29 is 23.5 Å². The Morgan fingerprint density at radius 1 is 0.686 bits per heavy atom. The third-order valence-corrected chi connectivity index (χ3v) is 10.9. The van der Waals surface area contributed by atoms with Gasteiger partial charge in [0.1, 0.15) is 13.2 Å². The van der Waals surface area contributed by atoms with Crippen LogP contribution in [0.15, 0.2) is 78.9 Å². The fourth-order valence-electron chi connectivity index (χ4n) is 3.13. The second kappa shape index (κ2) is 11.5. The van der Waals surface area contributed by atoms with Crippen LogP contribution in [-0.4, -0.2) is 20.3 Å². The lowest BCUT2D eigenvalue weighted by molar-refractivity contribution is 0.0435. The predicted octanol–water partition coefficient (Wildman–Crippen LogP) is 6.92. The van der Waals surface area contributed by atoms with E-state index in [-0.39, 0.29) is 18.3 Å². The summed E-state index contributed by atoms with van der Waals surface area (Å²) in [4.78, 5) is 24.9. The molecule has 3 aromatic rings. The van der Waals surface area contributed by atoms with E-state index < -0.39 is 20.3 Å². The SMILES string of the molecule is CC(C)(C)[Si](C)(C)OCc1ccc(COC(=O)c2ccccc2)c(COC(=O)c2ccccc2)c1. The minimum absolute atomic E-state index is 0.0693. The number of rotatable bonds is 9. The van der Waals surface area contributed by atoms with Gasteiger partial charge in [-0.3, -0.25) is 0 Å². The van der Waals surface area contributed by atoms with Crippen LogP contribution in [0.5, 0.6) is 0 Å². The highest BCUT2D eigenvalue weighted by Crippen LogP contribution is 2.37. The molecule has 0 bridgehead atoms. The summed E-state index contributed by atoms with van der Waals surface area (Å²) >= 11 is 0. The monoisotopic (exact) mass is 490 g/mol. The fourth-order valence-corrected chi connectivity index (χ4v) is 4.09. The maximum absolute atomic E-state index is 12.5. The van der Waals surface area contributed by atoms with E-state index in [1.54, 1.807) is 48.5 Å². The molecular formula is C29H34O5Si. The van der Waals surface area contributed by atoms with E-state index in [9.17, 15) is 9.59 Å². The number of ether oxygens (including phenoxy) is 2. The van der Waals surface area contributed by atoms with Gasteiger partial charge in [0.25, 0.3) is 0 Å². The Kier molecular flexibility index (Phi) is 8.65. The zero-order valence-electron chi connectivity index (χ0n) is 21.2. The van der Waals surface area contributed by atoms with Crippen molar-refractivity contribution in [1.82, 2.24) is 0 Å². The van der Waals surface area contributed by atoms with E-state index >= 15 is 0 Å². The molecule has 0 aliphatic heterocycles. The second-order valence-electron chi connectivity index (χ2n) is 10.0. The van der Waals surface area contributed by atoms with Gasteiger partial charge >= 0.3 is 11.9 Å². The molecule has 0 amide bonds. The Bertz CT molecular complexity index is 1130. The zero-order valence-corrected chi connectivity index (χ0v) is 22.2. The molecule has 3 aromatic carbocycles. The topological polar surface area (TPSA) is 61.8 Å². The molecule has 0 aliphatic rings. The summed E-state index contributed by atoms with van der Waals surface area (Å²) in [6, 6.07) is 23.6. The van der Waals surface area contributed by atoms with Crippen LogP contribution in [0.3, 0.4) is 0 Å². The first-order valence-corrected chi connectivity index (χ1v) is 14.7. The Labute approximate surface area is 209 Å². The standard InChI is InChI=1S/C29H34O5Si/c1-29(2,3)35(4,5)34-19-22-16-17-25(20-32-27(30)23-12-8-6-9-13-23)26(18-22)21-33-28(31)24-14-10-7-11-15-24/h6-18H,19-21H2,1-5H3. The molecule has 35 heavy (non-hydrogen) atoms. The minimum Gasteiger partial charge on any atom is -0.457 e. The summed E-state index contributed by atoms with van der Waals surface area (Å²) in [7, 11) is -1.92. The summed E-state index contributed by atoms with van der Waals surface area (Å²) < 4.78 is 17.5. The fraction of sp³-hybridized carbons (Fsp3) is 0.310. The van der Waals surface area contributed by atoms with Crippen LogP contribution in [0.1, 0.15) is 58.2 Å². The van der Waals surface area contributed by atoms with Crippen molar-refractivity contribution >= 4 is 20.3 Å². The van der Waals surface area contributed by atoms with Crippen LogP contribution in [0, 0.1) is 0 Å². The van der Waals surface area contributed by atoms with Gasteiger partial charge in [-0.05, 0) is 65.2 Å². The summed E-state index contributed by atoms with van der Waals surface area (Å²) in [5, 5.41) is 0.104. The second-order valence-corrected chi connectivity index (χ2v) is 14.8. The number of hydrogen-bond acceptors (Lipinski definition) is 5. The van der Waals surface area contributed by atoms with Crippen molar-refractivity contribution in [3.63, 3.8) is 0 Å². The molecule has 0 unspecified atom stereocenters. The summed E-state index contributed by atoms with van der Waals surface area (Å²) in [5.74, 6) is -0.802. The first kappa shape index (κ1) is 26.4. The van der Waals surface area contributed by atoms with E-state index in [1.165, 1.54) is 0 Å². The lowest BCUT2D eigenvalue weighted by Crippen LogP contribution is -2.40. The Balaban J connectivity index is 1.76. The number of carbonyl (C=O) groups excluding carboxylic acids is 2. The summed E-state index contributed by atoms with van der Waals surface area (Å²) in [6.45, 7) is 11.7. The quantitative estimate of drug-likeness (QED) is 0.241. The normalized spacial score (nSPS) is 11.7. The predicted molar refractivity (Wildman–Crippen MR) is 140 cm³/mol. The maximum Gasteiger partial charge on any atom is 0.338 e. The molecule has 0 spiro atoms. The molecule has 3 rings (SSSR count). The summed E-state index contributed by atoms with van der Waals surface area (Å²) in [5.41, 5.74) is 3.53. The van der Waals surface area contributed by atoms with Gasteiger partial charge in [-0.2, -0.15) is 0 Å². The van der Waals surface area contributed by atoms with E-state index in [0.717, 1.165) is 16.7 Å². The van der Waals surface area contributed by atoms with Crippen molar-refractivity contribution in [2.45, 2.75) is 58.7 Å². The lowest BCUT2D eigenvalue weighted by atomic mass is 10.1. The van der Waals surface area contributed by atoms with Crippen molar-refractivity contribution in [3.8, 4) is 0 Å². The van der Waals surface area contributed by atoms with Crippen molar-refractivity contribution in [1.29, 1.82) is 0 Å². The van der Waals surface area contributed by atoms with E-state index in [2.05, 4.69) is 33.9 Å². The van der Waals surface area contributed by atoms with Crippen molar-refractivity contribution in [2.24, 2.45) is 0 Å². The average Bonchev–Trinajstić information content (AvgIpc) is 2.85. The van der Waals surface area contributed by atoms with E-state index in [4.69, 9.17) is 13.9 Å². The van der Waals surface area contributed by atoms with E-state index in [0.29, 0.717) is 17.7 Å². The highest BCUT2D eigenvalue weighted by atomic mass is 28.4. The molecule has 6 heteroatoms. The number of benzene rings is 3. The third kappa shape index (κ3) is 7.38. The van der Waals surface area contributed by atoms with Gasteiger partial charge in [-0.25, -0.2) is 9.59 Å². The smallest absolute Gasteiger partial charge is 0.338 e. The molecule has 184 valence electrons. The van der Waals surface area contributed by atoms with Crippen LogP contribution >= 0.6 is 0 Å². The molecule has 0 atom stereocenters. The van der Waals surface area contributed by atoms with Gasteiger partial charge in [-0.15, -0.1) is 0 Å². The molecular weight excluding hydrogens is 456 g/mol. The third-order valence-electron chi connectivity index (χ3n) is 6.41. The molecule has 0 N–H and O–H groups in total. The van der Waals surface area contributed by atoms with Crippen LogP contribution in [0.2, 0.25) is 18.1 Å². The zero-order chi connectivity index (χ0) is 25.5. The molecule has 0 fully saturated rings. The summed E-state index contributed by atoms with van der Waals surface area (Å²) in [6.07, 6.45) is 0. The van der Waals surface area contributed by atoms with Gasteiger partial charge in [-0.1, -0.05) is 69.3 Å². The first-order valence-electron chi connectivity index (χ1n) is 11.8. The molecule has 0 radical (unpaired) electrons. The highest BCUT2D eigenvalue weighted by Gasteiger charge is 2.37. The Morgan fingerprint density at radius 2 is 1.17 bits per heavy atom. The van der Waals surface area contributed by atoms with Gasteiger partial charge in [0.15, 0.2) is 8.32 Å². The lowest BCUT2D eigenvalue weighted by Gasteiger charge is -2.36. The van der Waals surface area contributed by atoms with Crippen LogP contribution in [0.25, 0.3) is 0 Å². The Hall–Kier alpha value is -3.22. The maximum atomic E-state index is 12.5. The van der Waals surface area contributed by atoms with Gasteiger partial charge < -0.3 is 13.9 Å². The number of hydrogen-bond donors (Lipinski definition) is 0. The number of esters is 2.